The number of carbonyl (C=O) groups is 1. The van der Waals surface area contributed by atoms with Gasteiger partial charge in [-0.1, -0.05) is 44.2 Å². The Morgan fingerprint density at radius 2 is 2.00 bits per heavy atom. The summed E-state index contributed by atoms with van der Waals surface area (Å²) in [6.07, 6.45) is 4.23. The Labute approximate surface area is 128 Å². The summed E-state index contributed by atoms with van der Waals surface area (Å²) in [4.78, 5) is 12.5. The maximum absolute atomic E-state index is 12.5. The van der Waals surface area contributed by atoms with Crippen LogP contribution in [0.1, 0.15) is 38.7 Å². The van der Waals surface area contributed by atoms with E-state index in [1.54, 1.807) is 0 Å². The molecule has 0 bridgehead atoms. The number of benzene rings is 1. The Morgan fingerprint density at radius 3 is 2.62 bits per heavy atom. The topological polar surface area (TPSA) is 55.1 Å². The third kappa shape index (κ3) is 4.57. The maximum atomic E-state index is 12.5. The van der Waals surface area contributed by atoms with Crippen molar-refractivity contribution < 1.29 is 4.79 Å². The van der Waals surface area contributed by atoms with Crippen LogP contribution in [-0.4, -0.2) is 18.5 Å². The summed E-state index contributed by atoms with van der Waals surface area (Å²) in [6, 6.07) is 10.4. The highest BCUT2D eigenvalue weighted by molar-refractivity contribution is 5.79. The summed E-state index contributed by atoms with van der Waals surface area (Å²) in [5, 5.41) is 3.24. The van der Waals surface area contributed by atoms with Crippen molar-refractivity contribution in [2.24, 2.45) is 23.5 Å². The Balaban J connectivity index is 1.91. The maximum Gasteiger partial charge on any atom is 0.224 e. The summed E-state index contributed by atoms with van der Waals surface area (Å²) in [5.41, 5.74) is 7.00. The number of nitrogens with two attached hydrogens (primary N) is 1. The molecule has 1 amide bonds. The second-order valence-corrected chi connectivity index (χ2v) is 6.63. The molecule has 3 N–H and O–H groups in total. The Bertz CT molecular complexity index is 446. The predicted octanol–water partition coefficient (Wildman–Crippen LogP) is 2.74. The highest BCUT2D eigenvalue weighted by Gasteiger charge is 2.28. The number of rotatable bonds is 5. The zero-order chi connectivity index (χ0) is 15.2. The molecule has 3 nitrogen and oxygen atoms in total. The van der Waals surface area contributed by atoms with Crippen molar-refractivity contribution in [1.29, 1.82) is 0 Å². The quantitative estimate of drug-likeness (QED) is 0.875. The lowest BCUT2D eigenvalue weighted by Crippen LogP contribution is -2.46. The molecule has 116 valence electrons. The minimum Gasteiger partial charge on any atom is -0.353 e. The second-order valence-electron chi connectivity index (χ2n) is 6.63. The molecular weight excluding hydrogens is 260 g/mol. The van der Waals surface area contributed by atoms with Crippen molar-refractivity contribution in [3.05, 3.63) is 35.9 Å². The molecule has 0 aliphatic heterocycles. The molecule has 1 aromatic carbocycles. The van der Waals surface area contributed by atoms with Crippen molar-refractivity contribution >= 4 is 5.91 Å². The van der Waals surface area contributed by atoms with E-state index in [1.165, 1.54) is 18.4 Å². The predicted molar refractivity (Wildman–Crippen MR) is 86.8 cm³/mol. The van der Waals surface area contributed by atoms with Crippen LogP contribution in [0, 0.1) is 17.8 Å². The lowest BCUT2D eigenvalue weighted by Gasteiger charge is -2.34. The third-order valence-corrected chi connectivity index (χ3v) is 4.74. The Morgan fingerprint density at radius 1 is 1.29 bits per heavy atom. The molecule has 2 rings (SSSR count). The van der Waals surface area contributed by atoms with Crippen LogP contribution in [0.3, 0.4) is 0 Å². The van der Waals surface area contributed by atoms with Gasteiger partial charge in [0.2, 0.25) is 5.91 Å². The zero-order valence-electron chi connectivity index (χ0n) is 13.2. The van der Waals surface area contributed by atoms with Crippen LogP contribution in [0.2, 0.25) is 0 Å². The van der Waals surface area contributed by atoms with Gasteiger partial charge in [0, 0.05) is 12.6 Å². The molecule has 4 atom stereocenters. The largest absolute Gasteiger partial charge is 0.353 e. The SMILES string of the molecule is CC1CCC(NC(=O)C(CN)Cc2ccccc2)C(C)C1. The Kier molecular flexibility index (Phi) is 5.80. The van der Waals surface area contributed by atoms with Crippen molar-refractivity contribution in [2.75, 3.05) is 6.54 Å². The van der Waals surface area contributed by atoms with Gasteiger partial charge < -0.3 is 11.1 Å². The normalized spacial score (nSPS) is 27.1. The fourth-order valence-corrected chi connectivity index (χ4v) is 3.36. The summed E-state index contributed by atoms with van der Waals surface area (Å²) >= 11 is 0. The highest BCUT2D eigenvalue weighted by Crippen LogP contribution is 2.28. The standard InChI is InChI=1S/C18H28N2O/c1-13-8-9-17(14(2)10-13)20-18(21)16(12-19)11-15-6-4-3-5-7-15/h3-7,13-14,16-17H,8-12,19H2,1-2H3,(H,20,21). The fraction of sp³-hybridized carbons (Fsp3) is 0.611. The van der Waals surface area contributed by atoms with Crippen LogP contribution in [0.15, 0.2) is 30.3 Å². The molecule has 0 radical (unpaired) electrons. The molecule has 1 aliphatic carbocycles. The summed E-state index contributed by atoms with van der Waals surface area (Å²) < 4.78 is 0. The van der Waals surface area contributed by atoms with Gasteiger partial charge >= 0.3 is 0 Å². The molecule has 0 heterocycles. The number of hydrogen-bond acceptors (Lipinski definition) is 2. The zero-order valence-corrected chi connectivity index (χ0v) is 13.2. The van der Waals surface area contributed by atoms with E-state index in [-0.39, 0.29) is 11.8 Å². The van der Waals surface area contributed by atoms with E-state index >= 15 is 0 Å². The summed E-state index contributed by atoms with van der Waals surface area (Å²) in [7, 11) is 0. The van der Waals surface area contributed by atoms with Crippen molar-refractivity contribution in [1.82, 2.24) is 5.32 Å². The van der Waals surface area contributed by atoms with Gasteiger partial charge in [0.15, 0.2) is 0 Å². The molecule has 1 saturated carbocycles. The van der Waals surface area contributed by atoms with Crippen molar-refractivity contribution in [3.63, 3.8) is 0 Å². The van der Waals surface area contributed by atoms with E-state index < -0.39 is 0 Å². The Hall–Kier alpha value is -1.35. The molecule has 4 unspecified atom stereocenters. The molecule has 1 aromatic rings. The summed E-state index contributed by atoms with van der Waals surface area (Å²) in [5.74, 6) is 1.34. The smallest absolute Gasteiger partial charge is 0.224 e. The second kappa shape index (κ2) is 7.60. The molecule has 1 aliphatic rings. The van der Waals surface area contributed by atoms with Gasteiger partial charge in [0.25, 0.3) is 0 Å². The van der Waals surface area contributed by atoms with Crippen LogP contribution >= 0.6 is 0 Å². The van der Waals surface area contributed by atoms with E-state index in [0.717, 1.165) is 18.8 Å². The first-order chi connectivity index (χ1) is 10.1. The van der Waals surface area contributed by atoms with E-state index in [2.05, 4.69) is 31.3 Å². The van der Waals surface area contributed by atoms with Gasteiger partial charge in [-0.15, -0.1) is 0 Å². The monoisotopic (exact) mass is 288 g/mol. The number of nitrogens with one attached hydrogen (secondary N) is 1. The van der Waals surface area contributed by atoms with Crippen molar-refractivity contribution in [3.8, 4) is 0 Å². The average molecular weight is 288 g/mol. The molecule has 3 heteroatoms. The molecule has 1 fully saturated rings. The van der Waals surface area contributed by atoms with Gasteiger partial charge in [-0.2, -0.15) is 0 Å². The van der Waals surface area contributed by atoms with Crippen LogP contribution in [0.4, 0.5) is 0 Å². The first-order valence-corrected chi connectivity index (χ1v) is 8.14. The van der Waals surface area contributed by atoms with Crippen molar-refractivity contribution in [2.45, 2.75) is 45.6 Å². The number of hydrogen-bond donors (Lipinski definition) is 2. The lowest BCUT2D eigenvalue weighted by atomic mass is 9.79. The average Bonchev–Trinajstić information content (AvgIpc) is 2.48. The summed E-state index contributed by atoms with van der Waals surface area (Å²) in [6.45, 7) is 4.94. The molecule has 0 aromatic heterocycles. The van der Waals surface area contributed by atoms with E-state index in [1.807, 2.05) is 18.2 Å². The number of carbonyl (C=O) groups excluding carboxylic acids is 1. The molecule has 0 spiro atoms. The van der Waals surface area contributed by atoms with Crippen LogP contribution in [0.25, 0.3) is 0 Å². The van der Waals surface area contributed by atoms with Gasteiger partial charge in [-0.3, -0.25) is 4.79 Å². The van der Waals surface area contributed by atoms with E-state index in [0.29, 0.717) is 18.5 Å². The van der Waals surface area contributed by atoms with Gasteiger partial charge in [-0.05, 0) is 43.1 Å². The first kappa shape index (κ1) is 16.0. The van der Waals surface area contributed by atoms with Crippen LogP contribution in [0.5, 0.6) is 0 Å². The number of amides is 1. The molecular formula is C18H28N2O. The lowest BCUT2D eigenvalue weighted by molar-refractivity contribution is -0.126. The molecule has 0 saturated heterocycles. The van der Waals surface area contributed by atoms with Gasteiger partial charge in [-0.25, -0.2) is 0 Å². The van der Waals surface area contributed by atoms with Crippen LogP contribution < -0.4 is 11.1 Å². The highest BCUT2D eigenvalue weighted by atomic mass is 16.1. The van der Waals surface area contributed by atoms with E-state index in [4.69, 9.17) is 5.73 Å². The van der Waals surface area contributed by atoms with Gasteiger partial charge in [0.1, 0.15) is 0 Å². The minimum absolute atomic E-state index is 0.118. The van der Waals surface area contributed by atoms with Crippen LogP contribution in [-0.2, 0) is 11.2 Å². The molecule has 21 heavy (non-hydrogen) atoms. The first-order valence-electron chi connectivity index (χ1n) is 8.14. The van der Waals surface area contributed by atoms with Gasteiger partial charge in [0.05, 0.1) is 5.92 Å². The third-order valence-electron chi connectivity index (χ3n) is 4.74. The minimum atomic E-state index is -0.126. The fourth-order valence-electron chi connectivity index (χ4n) is 3.36. The van der Waals surface area contributed by atoms with E-state index in [9.17, 15) is 4.79 Å².